The van der Waals surface area contributed by atoms with Gasteiger partial charge in [-0.25, -0.2) is 0 Å². The molecule has 0 amide bonds. The second-order valence-corrected chi connectivity index (χ2v) is 5.69. The summed E-state index contributed by atoms with van der Waals surface area (Å²) in [5.74, 6) is 0. The number of rotatable bonds is 5. The molecule has 4 unspecified atom stereocenters. The maximum absolute atomic E-state index is 10.0. The first-order valence-corrected chi connectivity index (χ1v) is 7.18. The number of aliphatic hydroxyl groups is 1. The first-order chi connectivity index (χ1) is 8.81. The SMILES string of the molecule is OC(CNC1CC2CCC1O2)CN1CCOCC1. The van der Waals surface area contributed by atoms with E-state index in [9.17, 15) is 5.11 Å². The molecular formula is C13H24N2O3. The van der Waals surface area contributed by atoms with Crippen molar-refractivity contribution in [2.75, 3.05) is 39.4 Å². The van der Waals surface area contributed by atoms with Gasteiger partial charge in [0.1, 0.15) is 0 Å². The molecule has 3 fully saturated rings. The molecule has 5 nitrogen and oxygen atoms in total. The third kappa shape index (κ3) is 3.03. The Bertz CT molecular complexity index is 271. The molecule has 0 radical (unpaired) electrons. The lowest BCUT2D eigenvalue weighted by molar-refractivity contribution is 0.0139. The summed E-state index contributed by atoms with van der Waals surface area (Å²) in [6.07, 6.45) is 4.10. The molecule has 2 N–H and O–H groups in total. The van der Waals surface area contributed by atoms with Gasteiger partial charge in [-0.3, -0.25) is 4.90 Å². The van der Waals surface area contributed by atoms with E-state index in [1.807, 2.05) is 0 Å². The molecule has 0 aliphatic carbocycles. The smallest absolute Gasteiger partial charge is 0.0791 e. The van der Waals surface area contributed by atoms with Crippen LogP contribution >= 0.6 is 0 Å². The quantitative estimate of drug-likeness (QED) is 0.700. The predicted octanol–water partition coefficient (Wildman–Crippen LogP) is -0.411. The van der Waals surface area contributed by atoms with Crippen molar-refractivity contribution in [3.05, 3.63) is 0 Å². The fourth-order valence-electron chi connectivity index (χ4n) is 3.29. The van der Waals surface area contributed by atoms with Crippen LogP contribution < -0.4 is 5.32 Å². The highest BCUT2D eigenvalue weighted by Crippen LogP contribution is 2.34. The van der Waals surface area contributed by atoms with Gasteiger partial charge in [0.05, 0.1) is 31.5 Å². The van der Waals surface area contributed by atoms with E-state index in [0.717, 1.165) is 39.3 Å². The molecule has 0 spiro atoms. The van der Waals surface area contributed by atoms with Gasteiger partial charge in [-0.15, -0.1) is 0 Å². The number of ether oxygens (including phenoxy) is 2. The Morgan fingerprint density at radius 1 is 1.28 bits per heavy atom. The molecular weight excluding hydrogens is 232 g/mol. The van der Waals surface area contributed by atoms with Crippen LogP contribution in [0.4, 0.5) is 0 Å². The summed E-state index contributed by atoms with van der Waals surface area (Å²) in [6.45, 7) is 4.88. The highest BCUT2D eigenvalue weighted by molar-refractivity contribution is 4.94. The molecule has 0 aromatic carbocycles. The van der Waals surface area contributed by atoms with Crippen molar-refractivity contribution >= 4 is 0 Å². The summed E-state index contributed by atoms with van der Waals surface area (Å²) < 4.78 is 11.1. The van der Waals surface area contributed by atoms with Crippen molar-refractivity contribution in [2.45, 2.75) is 43.6 Å². The number of nitrogens with one attached hydrogen (secondary N) is 1. The van der Waals surface area contributed by atoms with Crippen molar-refractivity contribution in [1.29, 1.82) is 0 Å². The molecule has 2 bridgehead atoms. The number of morpholine rings is 1. The van der Waals surface area contributed by atoms with Crippen LogP contribution in [0.5, 0.6) is 0 Å². The van der Waals surface area contributed by atoms with Crippen molar-refractivity contribution in [3.8, 4) is 0 Å². The van der Waals surface area contributed by atoms with Crippen LogP contribution in [0, 0.1) is 0 Å². The minimum Gasteiger partial charge on any atom is -0.390 e. The molecule has 0 aromatic heterocycles. The highest BCUT2D eigenvalue weighted by atomic mass is 16.5. The maximum Gasteiger partial charge on any atom is 0.0791 e. The molecule has 3 rings (SSSR count). The topological polar surface area (TPSA) is 54.0 Å². The summed E-state index contributed by atoms with van der Waals surface area (Å²) >= 11 is 0. The third-order valence-electron chi connectivity index (χ3n) is 4.29. The second kappa shape index (κ2) is 5.84. The standard InChI is InChI=1S/C13H24N2O3/c16-10(9-15-3-5-17-6-4-15)8-14-12-7-11-1-2-13(12)18-11/h10-14,16H,1-9H2. The Kier molecular flexibility index (Phi) is 4.16. The fraction of sp³-hybridized carbons (Fsp3) is 1.00. The lowest BCUT2D eigenvalue weighted by atomic mass is 9.95. The van der Waals surface area contributed by atoms with Gasteiger partial charge in [0.2, 0.25) is 0 Å². The number of fused-ring (bicyclic) bond motifs is 2. The lowest BCUT2D eigenvalue weighted by Gasteiger charge is -2.29. The van der Waals surface area contributed by atoms with Gasteiger partial charge in [-0.1, -0.05) is 0 Å². The van der Waals surface area contributed by atoms with Gasteiger partial charge < -0.3 is 19.9 Å². The molecule has 3 aliphatic heterocycles. The number of nitrogens with zero attached hydrogens (tertiary/aromatic N) is 1. The Morgan fingerprint density at radius 2 is 2.11 bits per heavy atom. The zero-order chi connectivity index (χ0) is 12.4. The number of hydrogen-bond donors (Lipinski definition) is 2. The molecule has 3 aliphatic rings. The van der Waals surface area contributed by atoms with E-state index >= 15 is 0 Å². The zero-order valence-corrected chi connectivity index (χ0v) is 10.9. The van der Waals surface area contributed by atoms with Crippen LogP contribution in [0.1, 0.15) is 19.3 Å². The van der Waals surface area contributed by atoms with Crippen LogP contribution in [0.25, 0.3) is 0 Å². The van der Waals surface area contributed by atoms with Crippen LogP contribution in [0.15, 0.2) is 0 Å². The summed E-state index contributed by atoms with van der Waals surface area (Å²) in [5, 5.41) is 13.5. The Balaban J connectivity index is 1.35. The van der Waals surface area contributed by atoms with Gasteiger partial charge in [-0.2, -0.15) is 0 Å². The van der Waals surface area contributed by atoms with Gasteiger partial charge in [0, 0.05) is 32.2 Å². The van der Waals surface area contributed by atoms with Crippen molar-refractivity contribution in [1.82, 2.24) is 10.2 Å². The zero-order valence-electron chi connectivity index (χ0n) is 10.9. The largest absolute Gasteiger partial charge is 0.390 e. The number of hydrogen-bond acceptors (Lipinski definition) is 5. The van der Waals surface area contributed by atoms with E-state index in [2.05, 4.69) is 10.2 Å². The van der Waals surface area contributed by atoms with Crippen LogP contribution in [0.3, 0.4) is 0 Å². The Hall–Kier alpha value is -0.200. The average Bonchev–Trinajstić information content (AvgIpc) is 3.00. The number of aliphatic hydroxyl groups excluding tert-OH is 1. The van der Waals surface area contributed by atoms with E-state index in [4.69, 9.17) is 9.47 Å². The Labute approximate surface area is 108 Å². The van der Waals surface area contributed by atoms with E-state index in [-0.39, 0.29) is 6.10 Å². The number of β-amino-alcohol motifs (C(OH)–C–C–N with tert-alkyl or cyclic N) is 1. The van der Waals surface area contributed by atoms with Gasteiger partial charge >= 0.3 is 0 Å². The minimum absolute atomic E-state index is 0.290. The van der Waals surface area contributed by atoms with Crippen molar-refractivity contribution < 1.29 is 14.6 Å². The summed E-state index contributed by atoms with van der Waals surface area (Å²) in [7, 11) is 0. The Morgan fingerprint density at radius 3 is 2.78 bits per heavy atom. The molecule has 3 heterocycles. The first kappa shape index (κ1) is 12.8. The molecule has 18 heavy (non-hydrogen) atoms. The van der Waals surface area contributed by atoms with Crippen LogP contribution in [-0.4, -0.2) is 73.8 Å². The van der Waals surface area contributed by atoms with E-state index in [1.165, 1.54) is 12.8 Å². The van der Waals surface area contributed by atoms with Crippen molar-refractivity contribution in [3.63, 3.8) is 0 Å². The lowest BCUT2D eigenvalue weighted by Crippen LogP contribution is -2.47. The molecule has 0 saturated carbocycles. The summed E-state index contributed by atoms with van der Waals surface area (Å²) in [4.78, 5) is 2.27. The molecule has 104 valence electrons. The predicted molar refractivity (Wildman–Crippen MR) is 67.6 cm³/mol. The third-order valence-corrected chi connectivity index (χ3v) is 4.29. The highest BCUT2D eigenvalue weighted by Gasteiger charge is 2.40. The molecule has 4 atom stereocenters. The van der Waals surface area contributed by atoms with Gasteiger partial charge in [0.25, 0.3) is 0 Å². The van der Waals surface area contributed by atoms with Crippen LogP contribution in [0.2, 0.25) is 0 Å². The molecule has 0 aromatic rings. The maximum atomic E-state index is 10.0. The van der Waals surface area contributed by atoms with E-state index in [1.54, 1.807) is 0 Å². The van der Waals surface area contributed by atoms with E-state index < -0.39 is 0 Å². The monoisotopic (exact) mass is 256 g/mol. The van der Waals surface area contributed by atoms with Gasteiger partial charge in [-0.05, 0) is 19.3 Å². The van der Waals surface area contributed by atoms with E-state index in [0.29, 0.717) is 24.8 Å². The van der Waals surface area contributed by atoms with Crippen LogP contribution in [-0.2, 0) is 9.47 Å². The molecule has 3 saturated heterocycles. The minimum atomic E-state index is -0.290. The van der Waals surface area contributed by atoms with Gasteiger partial charge in [0.15, 0.2) is 0 Å². The summed E-state index contributed by atoms with van der Waals surface area (Å²) in [5.41, 5.74) is 0. The second-order valence-electron chi connectivity index (χ2n) is 5.69. The fourth-order valence-corrected chi connectivity index (χ4v) is 3.29. The summed E-state index contributed by atoms with van der Waals surface area (Å²) in [6, 6.07) is 0.461. The normalized spacial score (nSPS) is 38.2. The molecule has 5 heteroatoms. The van der Waals surface area contributed by atoms with Crippen molar-refractivity contribution in [2.24, 2.45) is 0 Å². The average molecular weight is 256 g/mol. The first-order valence-electron chi connectivity index (χ1n) is 7.18.